The van der Waals surface area contributed by atoms with Crippen LogP contribution in [0.3, 0.4) is 0 Å². The third kappa shape index (κ3) is 5.68. The van der Waals surface area contributed by atoms with Gasteiger partial charge in [0.2, 0.25) is 0 Å². The van der Waals surface area contributed by atoms with Crippen LogP contribution in [0.15, 0.2) is 103 Å². The number of para-hydroxylation sites is 1. The Bertz CT molecular complexity index is 2660. The molecule has 0 bridgehead atoms. The summed E-state index contributed by atoms with van der Waals surface area (Å²) in [5.74, 6) is 2.14. The van der Waals surface area contributed by atoms with Crippen molar-refractivity contribution in [3.05, 3.63) is 133 Å². The number of hydrogen-bond acceptors (Lipinski definition) is 5. The van der Waals surface area contributed by atoms with E-state index in [4.69, 9.17) is 9.72 Å². The van der Waals surface area contributed by atoms with E-state index in [1.54, 1.807) is 0 Å². The number of rotatable bonds is 4. The zero-order chi connectivity index (χ0) is 35.2. The third-order valence-electron chi connectivity index (χ3n) is 9.97. The zero-order valence-corrected chi connectivity index (χ0v) is 33.4. The van der Waals surface area contributed by atoms with E-state index < -0.39 is 0 Å². The molecule has 52 heavy (non-hydrogen) atoms. The van der Waals surface area contributed by atoms with Gasteiger partial charge in [-0.05, 0) is 59.2 Å². The fraction of sp³-hybridized carbons (Fsp3) is 0.200. The molecular formula is C45H39N4OPtS-3. The van der Waals surface area contributed by atoms with Gasteiger partial charge in [0.1, 0.15) is 5.82 Å². The molecule has 5 aromatic carbocycles. The van der Waals surface area contributed by atoms with Gasteiger partial charge in [0.05, 0.1) is 4.70 Å². The molecule has 0 saturated carbocycles. The van der Waals surface area contributed by atoms with E-state index in [1.807, 2.05) is 23.6 Å². The van der Waals surface area contributed by atoms with Gasteiger partial charge in [0, 0.05) is 71.1 Å². The van der Waals surface area contributed by atoms with Crippen molar-refractivity contribution >= 4 is 70.4 Å². The molecule has 9 rings (SSSR count). The van der Waals surface area contributed by atoms with Crippen LogP contribution in [0, 0.1) is 18.8 Å². The molecular weight excluding hydrogens is 840 g/mol. The van der Waals surface area contributed by atoms with E-state index in [0.29, 0.717) is 11.5 Å². The van der Waals surface area contributed by atoms with Crippen molar-refractivity contribution in [2.75, 3.05) is 16.8 Å². The van der Waals surface area contributed by atoms with Crippen LogP contribution in [0.25, 0.3) is 47.8 Å². The summed E-state index contributed by atoms with van der Waals surface area (Å²) in [5, 5.41) is 4.85. The number of thiophene rings is 1. The van der Waals surface area contributed by atoms with E-state index in [0.717, 1.165) is 44.6 Å². The number of fused-ring (bicyclic) bond motifs is 8. The van der Waals surface area contributed by atoms with E-state index in [-0.39, 0.29) is 31.9 Å². The summed E-state index contributed by atoms with van der Waals surface area (Å²) in [5.41, 5.74) is 7.55. The molecule has 4 heterocycles. The monoisotopic (exact) mass is 878 g/mol. The number of hydrogen-bond donors (Lipinski definition) is 0. The van der Waals surface area contributed by atoms with Crippen LogP contribution in [0.4, 0.5) is 17.1 Å². The molecule has 0 amide bonds. The summed E-state index contributed by atoms with van der Waals surface area (Å²) in [6.07, 6.45) is 1.90. The topological polar surface area (TPSA) is 33.5 Å². The van der Waals surface area contributed by atoms with Crippen LogP contribution in [0.2, 0.25) is 0 Å². The molecule has 0 radical (unpaired) electrons. The Morgan fingerprint density at radius 2 is 1.44 bits per heavy atom. The van der Waals surface area contributed by atoms with Crippen molar-refractivity contribution in [1.82, 2.24) is 9.55 Å². The van der Waals surface area contributed by atoms with Crippen LogP contribution in [0.5, 0.6) is 11.5 Å². The molecule has 0 fully saturated rings. The molecule has 0 spiro atoms. The van der Waals surface area contributed by atoms with E-state index in [1.165, 1.54) is 31.4 Å². The van der Waals surface area contributed by atoms with Crippen molar-refractivity contribution in [2.24, 2.45) is 0 Å². The number of ether oxygens (including phenoxy) is 1. The van der Waals surface area contributed by atoms with Crippen LogP contribution in [-0.2, 0) is 31.9 Å². The first kappa shape index (κ1) is 34.4. The largest absolute Gasteiger partial charge is 0.509 e. The summed E-state index contributed by atoms with van der Waals surface area (Å²) in [4.78, 5) is 9.31. The maximum Gasteiger partial charge on any atom is 0.135 e. The number of benzene rings is 5. The van der Waals surface area contributed by atoms with Gasteiger partial charge in [0.25, 0.3) is 0 Å². The van der Waals surface area contributed by atoms with Gasteiger partial charge in [0.15, 0.2) is 0 Å². The average molecular weight is 879 g/mol. The fourth-order valence-corrected chi connectivity index (χ4v) is 8.52. The first-order chi connectivity index (χ1) is 24.4. The van der Waals surface area contributed by atoms with Crippen LogP contribution in [0.1, 0.15) is 52.7 Å². The van der Waals surface area contributed by atoms with Crippen molar-refractivity contribution < 1.29 is 25.8 Å². The van der Waals surface area contributed by atoms with Gasteiger partial charge in [-0.25, -0.2) is 4.98 Å². The van der Waals surface area contributed by atoms with E-state index in [9.17, 15) is 0 Å². The first-order valence-corrected chi connectivity index (χ1v) is 18.3. The second kappa shape index (κ2) is 12.5. The summed E-state index contributed by atoms with van der Waals surface area (Å²) in [7, 11) is 2.13. The molecule has 264 valence electrons. The Kier molecular flexibility index (Phi) is 8.28. The van der Waals surface area contributed by atoms with Gasteiger partial charge in [-0.2, -0.15) is 12.7 Å². The quantitative estimate of drug-likeness (QED) is 0.165. The Morgan fingerprint density at radius 3 is 2.23 bits per heavy atom. The standard InChI is InChI=1S/C45H39N4OS.Pt/c1-44(2,3)28-20-21-46-41(24-28)49-37-14-10-8-12-33(37)34-17-16-31(26-39(34)49)50-32-23-29(45(4,5)6)22-30(25-32)48-27-47(7)42-38(48)19-18-36-35-13-9-11-15-40(35)51-43(36)42;/h8-24,27H,1-7H3;/q-3;. The van der Waals surface area contributed by atoms with Crippen LogP contribution in [-0.4, -0.2) is 16.6 Å². The summed E-state index contributed by atoms with van der Waals surface area (Å²) in [6.45, 7) is 15.6. The van der Waals surface area contributed by atoms with E-state index in [2.05, 4.69) is 173 Å². The van der Waals surface area contributed by atoms with Gasteiger partial charge >= 0.3 is 0 Å². The van der Waals surface area contributed by atoms with Crippen molar-refractivity contribution in [3.8, 4) is 17.3 Å². The minimum absolute atomic E-state index is 0. The van der Waals surface area contributed by atoms with E-state index >= 15 is 0 Å². The molecule has 0 atom stereocenters. The molecule has 0 N–H and O–H groups in total. The molecule has 0 unspecified atom stereocenters. The minimum Gasteiger partial charge on any atom is -0.509 e. The summed E-state index contributed by atoms with van der Waals surface area (Å²) in [6, 6.07) is 41.7. The van der Waals surface area contributed by atoms with Gasteiger partial charge in [-0.1, -0.05) is 89.5 Å². The summed E-state index contributed by atoms with van der Waals surface area (Å²) < 4.78 is 11.5. The molecule has 1 aliphatic rings. The maximum absolute atomic E-state index is 6.72. The molecule has 0 aliphatic carbocycles. The number of aromatic nitrogens is 2. The Hall–Kier alpha value is -4.64. The summed E-state index contributed by atoms with van der Waals surface area (Å²) >= 11 is 1.85. The fourth-order valence-electron chi connectivity index (χ4n) is 7.23. The van der Waals surface area contributed by atoms with Gasteiger partial charge < -0.3 is 19.1 Å². The third-order valence-corrected chi connectivity index (χ3v) is 11.2. The molecule has 7 heteroatoms. The first-order valence-electron chi connectivity index (χ1n) is 17.4. The zero-order valence-electron chi connectivity index (χ0n) is 30.3. The van der Waals surface area contributed by atoms with Crippen molar-refractivity contribution in [1.29, 1.82) is 0 Å². The second-order valence-electron chi connectivity index (χ2n) is 15.6. The SMILES string of the molecule is CN1[CH-]N(c2[c-]c(Oc3[c-]c4c(cc3)c3ccccc3n4-c3cc(C(C)(C)C)ccn3)cc(C(C)(C)C)c2)c2ccc3c(sc4ccccc43)c21.[Pt]. The smallest absolute Gasteiger partial charge is 0.135 e. The molecule has 1 aliphatic heterocycles. The van der Waals surface area contributed by atoms with Gasteiger partial charge in [-0.15, -0.1) is 58.3 Å². The molecule has 5 nitrogen and oxygen atoms in total. The average Bonchev–Trinajstić information content (AvgIpc) is 3.76. The molecule has 0 saturated heterocycles. The number of nitrogens with zero attached hydrogens (tertiary/aromatic N) is 4. The molecule has 3 aromatic heterocycles. The van der Waals surface area contributed by atoms with Crippen molar-refractivity contribution in [3.63, 3.8) is 0 Å². The predicted molar refractivity (Wildman–Crippen MR) is 214 cm³/mol. The Balaban J connectivity index is 0.00000387. The molecule has 8 aromatic rings. The number of pyridine rings is 1. The van der Waals surface area contributed by atoms with Gasteiger partial charge in [-0.3, -0.25) is 0 Å². The number of anilines is 3. The van der Waals surface area contributed by atoms with Crippen LogP contribution < -0.4 is 14.5 Å². The van der Waals surface area contributed by atoms with Crippen LogP contribution >= 0.6 is 11.3 Å². The second-order valence-corrected chi connectivity index (χ2v) is 16.6. The maximum atomic E-state index is 6.72. The predicted octanol–water partition coefficient (Wildman–Crippen LogP) is 12.2. The Morgan fingerprint density at radius 1 is 0.712 bits per heavy atom. The normalized spacial score (nSPS) is 13.4. The minimum atomic E-state index is -0.115. The Labute approximate surface area is 323 Å². The van der Waals surface area contributed by atoms with Crippen molar-refractivity contribution in [2.45, 2.75) is 52.4 Å².